The van der Waals surface area contributed by atoms with Crippen molar-refractivity contribution in [2.75, 3.05) is 0 Å². The van der Waals surface area contributed by atoms with Crippen LogP contribution >= 0.6 is 0 Å². The minimum atomic E-state index is -0.0395. The van der Waals surface area contributed by atoms with Crippen molar-refractivity contribution in [2.45, 2.75) is 20.0 Å². The molecule has 2 aromatic rings. The maximum Gasteiger partial charge on any atom is 0.253 e. The van der Waals surface area contributed by atoms with Gasteiger partial charge >= 0.3 is 0 Å². The largest absolute Gasteiger partial charge is 0.326 e. The number of benzene rings is 1. The van der Waals surface area contributed by atoms with Crippen LogP contribution in [0, 0.1) is 6.92 Å². The molecule has 2 N–H and O–H groups in total. The van der Waals surface area contributed by atoms with Crippen LogP contribution in [0.3, 0.4) is 0 Å². The first kappa shape index (κ1) is 11.5. The van der Waals surface area contributed by atoms with E-state index in [9.17, 15) is 4.79 Å². The van der Waals surface area contributed by atoms with Gasteiger partial charge in [0.25, 0.3) is 5.56 Å². The summed E-state index contributed by atoms with van der Waals surface area (Å²) in [5, 5.41) is 0. The van der Waals surface area contributed by atoms with Gasteiger partial charge in [0.2, 0.25) is 0 Å². The molecule has 0 radical (unpaired) electrons. The van der Waals surface area contributed by atoms with Crippen molar-refractivity contribution in [1.82, 2.24) is 9.55 Å². The fraction of sp³-hybridized carbons (Fsp3) is 0.231. The Hall–Kier alpha value is -1.94. The smallest absolute Gasteiger partial charge is 0.253 e. The van der Waals surface area contributed by atoms with Gasteiger partial charge in [-0.25, -0.2) is 4.98 Å². The Morgan fingerprint density at radius 3 is 2.82 bits per heavy atom. The van der Waals surface area contributed by atoms with Gasteiger partial charge in [-0.3, -0.25) is 9.36 Å². The minimum absolute atomic E-state index is 0.0395. The molecule has 0 aliphatic carbocycles. The maximum atomic E-state index is 11.6. The zero-order chi connectivity index (χ0) is 12.3. The van der Waals surface area contributed by atoms with Crippen molar-refractivity contribution < 1.29 is 0 Å². The lowest BCUT2D eigenvalue weighted by atomic mass is 10.1. The van der Waals surface area contributed by atoms with E-state index in [0.717, 1.165) is 16.7 Å². The molecule has 0 saturated heterocycles. The van der Waals surface area contributed by atoms with Crippen LogP contribution < -0.4 is 11.3 Å². The Morgan fingerprint density at radius 1 is 1.35 bits per heavy atom. The second-order valence-electron chi connectivity index (χ2n) is 4.01. The van der Waals surface area contributed by atoms with Crippen LogP contribution in [-0.2, 0) is 13.1 Å². The molecule has 2 rings (SSSR count). The van der Waals surface area contributed by atoms with E-state index in [1.165, 1.54) is 12.3 Å². The molecule has 88 valence electrons. The van der Waals surface area contributed by atoms with Crippen LogP contribution in [-0.4, -0.2) is 9.55 Å². The molecule has 4 heteroatoms. The predicted octanol–water partition coefficient (Wildman–Crippen LogP) is 1.06. The van der Waals surface area contributed by atoms with E-state index in [-0.39, 0.29) is 5.56 Å². The van der Waals surface area contributed by atoms with Crippen molar-refractivity contribution in [3.8, 4) is 0 Å². The van der Waals surface area contributed by atoms with Crippen molar-refractivity contribution >= 4 is 0 Å². The van der Waals surface area contributed by atoms with Crippen LogP contribution in [0.4, 0.5) is 0 Å². The molecular formula is C13H15N3O. The molecule has 0 atom stereocenters. The molecule has 0 amide bonds. The second-order valence-corrected chi connectivity index (χ2v) is 4.01. The Balaban J connectivity index is 2.31. The molecule has 0 aliphatic heterocycles. The maximum absolute atomic E-state index is 11.6. The third-order valence-electron chi connectivity index (χ3n) is 2.78. The number of nitrogens with two attached hydrogens (primary N) is 1. The summed E-state index contributed by atoms with van der Waals surface area (Å²) in [6.07, 6.45) is 3.06. The highest BCUT2D eigenvalue weighted by molar-refractivity contribution is 5.31. The zero-order valence-corrected chi connectivity index (χ0v) is 9.76. The highest BCUT2D eigenvalue weighted by Crippen LogP contribution is 2.11. The quantitative estimate of drug-likeness (QED) is 0.856. The van der Waals surface area contributed by atoms with Gasteiger partial charge in [0.15, 0.2) is 0 Å². The molecule has 4 nitrogen and oxygen atoms in total. The van der Waals surface area contributed by atoms with Crippen LogP contribution in [0.15, 0.2) is 41.6 Å². The van der Waals surface area contributed by atoms with E-state index in [1.807, 2.05) is 19.1 Å². The third-order valence-corrected chi connectivity index (χ3v) is 2.78. The van der Waals surface area contributed by atoms with Gasteiger partial charge in [-0.05, 0) is 23.6 Å². The van der Waals surface area contributed by atoms with E-state index in [2.05, 4.69) is 11.1 Å². The fourth-order valence-electron chi connectivity index (χ4n) is 1.74. The first-order valence-corrected chi connectivity index (χ1v) is 5.49. The van der Waals surface area contributed by atoms with E-state index in [1.54, 1.807) is 10.9 Å². The predicted molar refractivity (Wildman–Crippen MR) is 66.7 cm³/mol. The Labute approximate surface area is 99.7 Å². The molecular weight excluding hydrogens is 214 g/mol. The number of hydrogen-bond donors (Lipinski definition) is 1. The van der Waals surface area contributed by atoms with Gasteiger partial charge in [-0.15, -0.1) is 0 Å². The molecule has 0 fully saturated rings. The number of nitrogens with zero attached hydrogens (tertiary/aromatic N) is 2. The van der Waals surface area contributed by atoms with Crippen molar-refractivity contribution in [2.24, 2.45) is 5.73 Å². The molecule has 0 unspecified atom stereocenters. The SMILES string of the molecule is Cc1cc(CN)ccc1Cn1cnccc1=O. The number of aromatic nitrogens is 2. The number of hydrogen-bond acceptors (Lipinski definition) is 3. The molecule has 1 aromatic heterocycles. The Bertz CT molecular complexity index is 575. The summed E-state index contributed by atoms with van der Waals surface area (Å²) >= 11 is 0. The van der Waals surface area contributed by atoms with Crippen molar-refractivity contribution in [3.63, 3.8) is 0 Å². The zero-order valence-electron chi connectivity index (χ0n) is 9.76. The monoisotopic (exact) mass is 229 g/mol. The van der Waals surface area contributed by atoms with E-state index < -0.39 is 0 Å². The Morgan fingerprint density at radius 2 is 2.18 bits per heavy atom. The van der Waals surface area contributed by atoms with Crippen LogP contribution in [0.1, 0.15) is 16.7 Å². The van der Waals surface area contributed by atoms with Crippen molar-refractivity contribution in [3.05, 3.63) is 63.8 Å². The average Bonchev–Trinajstić information content (AvgIpc) is 2.34. The van der Waals surface area contributed by atoms with Crippen molar-refractivity contribution in [1.29, 1.82) is 0 Å². The first-order valence-electron chi connectivity index (χ1n) is 5.49. The summed E-state index contributed by atoms with van der Waals surface area (Å²) in [5.74, 6) is 0. The lowest BCUT2D eigenvalue weighted by Crippen LogP contribution is -2.19. The average molecular weight is 229 g/mol. The van der Waals surface area contributed by atoms with Crippen LogP contribution in [0.2, 0.25) is 0 Å². The summed E-state index contributed by atoms with van der Waals surface area (Å²) in [5.41, 5.74) is 8.89. The van der Waals surface area contributed by atoms with Gasteiger partial charge < -0.3 is 5.73 Å². The lowest BCUT2D eigenvalue weighted by Gasteiger charge is -2.09. The number of aryl methyl sites for hydroxylation is 1. The van der Waals surface area contributed by atoms with E-state index in [4.69, 9.17) is 5.73 Å². The topological polar surface area (TPSA) is 60.9 Å². The molecule has 1 aromatic carbocycles. The second kappa shape index (κ2) is 4.93. The lowest BCUT2D eigenvalue weighted by molar-refractivity contribution is 0.732. The van der Waals surface area contributed by atoms with Gasteiger partial charge in [-0.1, -0.05) is 18.2 Å². The highest BCUT2D eigenvalue weighted by atomic mass is 16.1. The molecule has 0 spiro atoms. The normalized spacial score (nSPS) is 10.5. The van der Waals surface area contributed by atoms with Crippen LogP contribution in [0.25, 0.3) is 0 Å². The highest BCUT2D eigenvalue weighted by Gasteiger charge is 2.02. The van der Waals surface area contributed by atoms with Gasteiger partial charge in [-0.2, -0.15) is 0 Å². The summed E-state index contributed by atoms with van der Waals surface area (Å²) in [7, 11) is 0. The van der Waals surface area contributed by atoms with Crippen LogP contribution in [0.5, 0.6) is 0 Å². The molecule has 0 saturated carbocycles. The van der Waals surface area contributed by atoms with Gasteiger partial charge in [0.1, 0.15) is 0 Å². The van der Waals surface area contributed by atoms with Gasteiger partial charge in [0.05, 0.1) is 12.9 Å². The molecule has 0 bridgehead atoms. The summed E-state index contributed by atoms with van der Waals surface area (Å²) in [6.45, 7) is 3.10. The first-order chi connectivity index (χ1) is 8.20. The summed E-state index contributed by atoms with van der Waals surface area (Å²) in [6, 6.07) is 7.51. The third kappa shape index (κ3) is 2.60. The Kier molecular flexibility index (Phi) is 3.35. The molecule has 17 heavy (non-hydrogen) atoms. The standard InChI is InChI=1S/C13H15N3O/c1-10-6-11(7-14)2-3-12(10)8-16-9-15-5-4-13(16)17/h2-6,9H,7-8,14H2,1H3. The molecule has 1 heterocycles. The van der Waals surface area contributed by atoms with E-state index in [0.29, 0.717) is 13.1 Å². The van der Waals surface area contributed by atoms with Gasteiger partial charge in [0, 0.05) is 18.8 Å². The minimum Gasteiger partial charge on any atom is -0.326 e. The summed E-state index contributed by atoms with van der Waals surface area (Å²) < 4.78 is 1.59. The molecule has 0 aliphatic rings. The van der Waals surface area contributed by atoms with E-state index >= 15 is 0 Å². The number of rotatable bonds is 3. The summed E-state index contributed by atoms with van der Waals surface area (Å²) in [4.78, 5) is 15.5. The fourth-order valence-corrected chi connectivity index (χ4v) is 1.74.